The number of piperidine rings is 1. The lowest BCUT2D eigenvalue weighted by molar-refractivity contribution is -0.123. The van der Waals surface area contributed by atoms with Gasteiger partial charge in [-0.1, -0.05) is 30.3 Å². The van der Waals surface area contributed by atoms with Gasteiger partial charge in [0.25, 0.3) is 0 Å². The molecule has 1 fully saturated rings. The van der Waals surface area contributed by atoms with Gasteiger partial charge in [-0.25, -0.2) is 4.79 Å². The highest BCUT2D eigenvalue weighted by molar-refractivity contribution is 5.83. The van der Waals surface area contributed by atoms with Crippen LogP contribution in [0.3, 0.4) is 0 Å². The maximum absolute atomic E-state index is 11.9. The summed E-state index contributed by atoms with van der Waals surface area (Å²) < 4.78 is 5.26. The SMILES string of the molecule is N#CCC(=O)C1CCN(C(=O)OCc2ccccc2)CC1. The zero-order chi connectivity index (χ0) is 15.1. The van der Waals surface area contributed by atoms with Crippen LogP contribution < -0.4 is 0 Å². The van der Waals surface area contributed by atoms with Crippen molar-refractivity contribution in [2.24, 2.45) is 5.92 Å². The predicted molar refractivity (Wildman–Crippen MR) is 76.2 cm³/mol. The molecule has 2 rings (SSSR count). The number of carbonyl (C=O) groups excluding carboxylic acids is 2. The number of nitrogens with zero attached hydrogens (tertiary/aromatic N) is 2. The van der Waals surface area contributed by atoms with E-state index in [4.69, 9.17) is 10.00 Å². The van der Waals surface area contributed by atoms with E-state index in [1.165, 1.54) is 0 Å². The number of benzene rings is 1. The Bertz CT molecular complexity index is 528. The van der Waals surface area contributed by atoms with E-state index in [0.717, 1.165) is 5.56 Å². The van der Waals surface area contributed by atoms with E-state index in [1.807, 2.05) is 36.4 Å². The molecule has 0 atom stereocenters. The largest absolute Gasteiger partial charge is 0.445 e. The van der Waals surface area contributed by atoms with Crippen LogP contribution in [-0.2, 0) is 16.1 Å². The van der Waals surface area contributed by atoms with Crippen molar-refractivity contribution in [2.75, 3.05) is 13.1 Å². The molecule has 0 N–H and O–H groups in total. The summed E-state index contributed by atoms with van der Waals surface area (Å²) in [6.07, 6.45) is 0.843. The highest BCUT2D eigenvalue weighted by Crippen LogP contribution is 2.20. The van der Waals surface area contributed by atoms with Gasteiger partial charge in [-0.2, -0.15) is 5.26 Å². The summed E-state index contributed by atoms with van der Waals surface area (Å²) in [6, 6.07) is 11.4. The van der Waals surface area contributed by atoms with Crippen molar-refractivity contribution in [2.45, 2.75) is 25.9 Å². The average molecular weight is 286 g/mol. The summed E-state index contributed by atoms with van der Waals surface area (Å²) in [5.41, 5.74) is 0.949. The minimum absolute atomic E-state index is 0.0187. The number of carbonyl (C=O) groups is 2. The highest BCUT2D eigenvalue weighted by Gasteiger charge is 2.27. The van der Waals surface area contributed by atoms with Gasteiger partial charge in [0.2, 0.25) is 0 Å². The van der Waals surface area contributed by atoms with Crippen LogP contribution in [0.15, 0.2) is 30.3 Å². The molecule has 1 aromatic rings. The summed E-state index contributed by atoms with van der Waals surface area (Å²) >= 11 is 0. The number of hydrogen-bond acceptors (Lipinski definition) is 4. The van der Waals surface area contributed by atoms with Gasteiger partial charge in [-0.3, -0.25) is 4.79 Å². The number of nitriles is 1. The zero-order valence-electron chi connectivity index (χ0n) is 11.8. The van der Waals surface area contributed by atoms with Crippen LogP contribution in [0.25, 0.3) is 0 Å². The quantitative estimate of drug-likeness (QED) is 0.852. The van der Waals surface area contributed by atoms with Crippen LogP contribution in [0.5, 0.6) is 0 Å². The monoisotopic (exact) mass is 286 g/mol. The molecule has 0 bridgehead atoms. The lowest BCUT2D eigenvalue weighted by Gasteiger charge is -2.30. The second-order valence-corrected chi connectivity index (χ2v) is 5.10. The second kappa shape index (κ2) is 7.44. The Labute approximate surface area is 124 Å². The Balaban J connectivity index is 1.76. The number of hydrogen-bond donors (Lipinski definition) is 0. The van der Waals surface area contributed by atoms with Crippen molar-refractivity contribution in [3.63, 3.8) is 0 Å². The Morgan fingerprint density at radius 3 is 2.52 bits per heavy atom. The van der Waals surface area contributed by atoms with Crippen LogP contribution in [-0.4, -0.2) is 29.9 Å². The number of likely N-dealkylation sites (tertiary alicyclic amines) is 1. The van der Waals surface area contributed by atoms with Crippen LogP contribution >= 0.6 is 0 Å². The molecule has 21 heavy (non-hydrogen) atoms. The molecule has 1 saturated heterocycles. The van der Waals surface area contributed by atoms with Crippen LogP contribution in [0, 0.1) is 17.2 Å². The number of Topliss-reactive ketones (excluding diaryl/α,β-unsaturated/α-hetero) is 1. The second-order valence-electron chi connectivity index (χ2n) is 5.10. The van der Waals surface area contributed by atoms with Crippen molar-refractivity contribution in [1.29, 1.82) is 5.26 Å². The van der Waals surface area contributed by atoms with E-state index < -0.39 is 0 Å². The molecule has 1 aliphatic heterocycles. The van der Waals surface area contributed by atoms with Gasteiger partial charge in [0, 0.05) is 19.0 Å². The summed E-state index contributed by atoms with van der Waals surface area (Å²) in [5, 5.41) is 8.53. The summed E-state index contributed by atoms with van der Waals surface area (Å²) in [7, 11) is 0. The number of amides is 1. The van der Waals surface area contributed by atoms with Gasteiger partial charge in [0.1, 0.15) is 12.4 Å². The van der Waals surface area contributed by atoms with E-state index in [9.17, 15) is 9.59 Å². The van der Waals surface area contributed by atoms with E-state index in [2.05, 4.69) is 0 Å². The molecular weight excluding hydrogens is 268 g/mol. The fourth-order valence-corrected chi connectivity index (χ4v) is 2.42. The third-order valence-corrected chi connectivity index (χ3v) is 3.67. The third-order valence-electron chi connectivity index (χ3n) is 3.67. The molecule has 0 unspecified atom stereocenters. The first-order valence-electron chi connectivity index (χ1n) is 7.06. The third kappa shape index (κ3) is 4.32. The van der Waals surface area contributed by atoms with Gasteiger partial charge < -0.3 is 9.64 Å². The Morgan fingerprint density at radius 2 is 1.90 bits per heavy atom. The predicted octanol–water partition coefficient (Wildman–Crippen LogP) is 2.52. The molecule has 5 nitrogen and oxygen atoms in total. The number of ketones is 1. The van der Waals surface area contributed by atoms with Crippen LogP contribution in [0.4, 0.5) is 4.79 Å². The van der Waals surface area contributed by atoms with Crippen molar-refractivity contribution in [1.82, 2.24) is 4.90 Å². The molecule has 0 aliphatic carbocycles. The minimum atomic E-state index is -0.343. The van der Waals surface area contributed by atoms with E-state index in [1.54, 1.807) is 4.90 Å². The van der Waals surface area contributed by atoms with E-state index >= 15 is 0 Å². The van der Waals surface area contributed by atoms with Crippen molar-refractivity contribution in [3.8, 4) is 6.07 Å². The first-order valence-corrected chi connectivity index (χ1v) is 7.06. The van der Waals surface area contributed by atoms with Crippen molar-refractivity contribution >= 4 is 11.9 Å². The molecule has 0 aromatic heterocycles. The van der Waals surface area contributed by atoms with E-state index in [-0.39, 0.29) is 30.8 Å². The highest BCUT2D eigenvalue weighted by atomic mass is 16.6. The van der Waals surface area contributed by atoms with Gasteiger partial charge >= 0.3 is 6.09 Å². The van der Waals surface area contributed by atoms with Crippen LogP contribution in [0.1, 0.15) is 24.8 Å². The van der Waals surface area contributed by atoms with Crippen molar-refractivity contribution < 1.29 is 14.3 Å². The molecule has 1 aliphatic rings. The Morgan fingerprint density at radius 1 is 1.24 bits per heavy atom. The normalized spacial score (nSPS) is 15.3. The number of ether oxygens (including phenoxy) is 1. The number of rotatable bonds is 4. The first-order chi connectivity index (χ1) is 10.2. The molecule has 5 heteroatoms. The zero-order valence-corrected chi connectivity index (χ0v) is 11.8. The summed E-state index contributed by atoms with van der Waals surface area (Å²) in [6.45, 7) is 1.28. The van der Waals surface area contributed by atoms with Gasteiger partial charge in [0.15, 0.2) is 0 Å². The molecule has 0 saturated carbocycles. The van der Waals surface area contributed by atoms with Gasteiger partial charge in [-0.15, -0.1) is 0 Å². The van der Waals surface area contributed by atoms with Crippen molar-refractivity contribution in [3.05, 3.63) is 35.9 Å². The molecule has 1 amide bonds. The van der Waals surface area contributed by atoms with Gasteiger partial charge in [0.05, 0.1) is 12.5 Å². The topological polar surface area (TPSA) is 70.4 Å². The molecule has 0 radical (unpaired) electrons. The minimum Gasteiger partial charge on any atom is -0.445 e. The lowest BCUT2D eigenvalue weighted by Crippen LogP contribution is -2.40. The fraction of sp³-hybridized carbons (Fsp3) is 0.438. The Hall–Kier alpha value is -2.35. The van der Waals surface area contributed by atoms with Crippen LogP contribution in [0.2, 0.25) is 0 Å². The maximum Gasteiger partial charge on any atom is 0.410 e. The average Bonchev–Trinajstić information content (AvgIpc) is 2.54. The molecular formula is C16H18N2O3. The summed E-state index contributed by atoms with van der Waals surface area (Å²) in [5.74, 6) is -0.113. The lowest BCUT2D eigenvalue weighted by atomic mass is 9.91. The standard InChI is InChI=1S/C16H18N2O3/c17-9-6-15(19)14-7-10-18(11-8-14)16(20)21-12-13-4-2-1-3-5-13/h1-5,14H,6-8,10-12H2. The molecule has 1 aromatic carbocycles. The maximum atomic E-state index is 11.9. The Kier molecular flexibility index (Phi) is 5.33. The molecule has 110 valence electrons. The fourth-order valence-electron chi connectivity index (χ4n) is 2.42. The summed E-state index contributed by atoms with van der Waals surface area (Å²) in [4.78, 5) is 25.2. The van der Waals surface area contributed by atoms with Gasteiger partial charge in [-0.05, 0) is 18.4 Å². The van der Waals surface area contributed by atoms with E-state index in [0.29, 0.717) is 25.9 Å². The molecule has 0 spiro atoms. The smallest absolute Gasteiger partial charge is 0.410 e. The first kappa shape index (κ1) is 15.0. The molecule has 1 heterocycles.